The van der Waals surface area contributed by atoms with E-state index in [1.54, 1.807) is 31.2 Å². The number of benzene rings is 3. The molecule has 0 bridgehead atoms. The molecule has 12 nitrogen and oxygen atoms in total. The molecule has 0 heterocycles. The number of aryl methyl sites for hydroxylation is 2. The predicted molar refractivity (Wildman–Crippen MR) is 126 cm³/mol. The third-order valence-corrected chi connectivity index (χ3v) is 6.33. The van der Waals surface area contributed by atoms with Crippen LogP contribution >= 0.6 is 0 Å². The first kappa shape index (κ1) is 24.9. The number of nitrogens with zero attached hydrogens (tertiary/aromatic N) is 4. The van der Waals surface area contributed by atoms with Gasteiger partial charge in [-0.15, -0.1) is 15.3 Å². The minimum absolute atomic E-state index is 0.185. The molecule has 34 heavy (non-hydrogen) atoms. The lowest BCUT2D eigenvalue weighted by Crippen LogP contribution is -2.05. The van der Waals surface area contributed by atoms with Crippen LogP contribution in [0, 0.1) is 13.8 Å². The molecule has 3 aromatic carbocycles. The molecule has 0 radical (unpaired) electrons. The highest BCUT2D eigenvalue weighted by Crippen LogP contribution is 2.43. The average molecular weight is 505 g/mol. The predicted octanol–water partition coefficient (Wildman–Crippen LogP) is 4.79. The Hall–Kier alpha value is -3.72. The van der Waals surface area contributed by atoms with Gasteiger partial charge in [-0.05, 0) is 49.7 Å². The van der Waals surface area contributed by atoms with E-state index < -0.39 is 41.4 Å². The number of hydrogen-bond donors (Lipinski definition) is 4. The van der Waals surface area contributed by atoms with Crippen molar-refractivity contribution in [3.63, 3.8) is 0 Å². The molecule has 0 atom stereocenters. The summed E-state index contributed by atoms with van der Waals surface area (Å²) in [5, 5.41) is 15.5. The molecule has 0 amide bonds. The monoisotopic (exact) mass is 504 g/mol. The van der Waals surface area contributed by atoms with Crippen molar-refractivity contribution in [2.75, 3.05) is 11.5 Å². The highest BCUT2D eigenvalue weighted by atomic mass is 32.2. The minimum Gasteiger partial charge on any atom is -0.396 e. The number of rotatable bonds is 6. The normalized spacial score (nSPS) is 12.6. The van der Waals surface area contributed by atoms with Gasteiger partial charge in [-0.2, -0.15) is 21.9 Å². The lowest BCUT2D eigenvalue weighted by atomic mass is 10.2. The Balaban J connectivity index is 2.18. The second-order valence-electron chi connectivity index (χ2n) is 7.23. The van der Waals surface area contributed by atoms with E-state index in [1.807, 2.05) is 6.92 Å². The van der Waals surface area contributed by atoms with E-state index in [4.69, 9.17) is 11.5 Å². The molecule has 178 valence electrons. The summed E-state index contributed by atoms with van der Waals surface area (Å²) >= 11 is 0. The summed E-state index contributed by atoms with van der Waals surface area (Å²) < 4.78 is 66.2. The van der Waals surface area contributed by atoms with E-state index in [1.165, 1.54) is 18.2 Å². The molecule has 3 aromatic rings. The molecule has 0 saturated heterocycles. The number of nitrogen functional groups attached to an aromatic ring is 2. The second kappa shape index (κ2) is 9.26. The molecule has 0 spiro atoms. The molecular weight excluding hydrogens is 484 g/mol. The molecule has 0 unspecified atom stereocenters. The highest BCUT2D eigenvalue weighted by Gasteiger charge is 2.23. The number of azo groups is 2. The van der Waals surface area contributed by atoms with Gasteiger partial charge in [0.05, 0.1) is 17.1 Å². The van der Waals surface area contributed by atoms with Crippen LogP contribution in [0.25, 0.3) is 0 Å². The first-order chi connectivity index (χ1) is 15.8. The van der Waals surface area contributed by atoms with Gasteiger partial charge in [0.1, 0.15) is 26.9 Å². The van der Waals surface area contributed by atoms with Gasteiger partial charge in [0, 0.05) is 0 Å². The average Bonchev–Trinajstić information content (AvgIpc) is 2.73. The van der Waals surface area contributed by atoms with Crippen LogP contribution in [0.5, 0.6) is 0 Å². The number of anilines is 2. The molecule has 0 saturated carbocycles. The summed E-state index contributed by atoms with van der Waals surface area (Å²) in [6, 6.07) is 11.8. The zero-order chi connectivity index (χ0) is 25.3. The third-order valence-electron chi connectivity index (χ3n) is 4.56. The SMILES string of the molecule is Cc1ccc(N=Nc2cc(S(=O)(=O)O)c(N)c(N=Nc3ccc(C)cc3S(=O)(=O)O)c2N)cc1. The van der Waals surface area contributed by atoms with E-state index in [0.717, 1.165) is 11.6 Å². The van der Waals surface area contributed by atoms with E-state index in [9.17, 15) is 25.9 Å². The van der Waals surface area contributed by atoms with Gasteiger partial charge >= 0.3 is 0 Å². The van der Waals surface area contributed by atoms with E-state index in [2.05, 4.69) is 20.5 Å². The van der Waals surface area contributed by atoms with Crippen molar-refractivity contribution in [3.05, 3.63) is 59.7 Å². The molecule has 0 aliphatic carbocycles. The lowest BCUT2D eigenvalue weighted by molar-refractivity contribution is 0.481. The topological polar surface area (TPSA) is 210 Å². The number of hydrogen-bond acceptors (Lipinski definition) is 10. The molecule has 0 aliphatic heterocycles. The van der Waals surface area contributed by atoms with Gasteiger partial charge in [-0.1, -0.05) is 23.8 Å². The van der Waals surface area contributed by atoms with Crippen LogP contribution < -0.4 is 11.5 Å². The van der Waals surface area contributed by atoms with Crippen molar-refractivity contribution < 1.29 is 25.9 Å². The molecule has 0 aliphatic rings. The van der Waals surface area contributed by atoms with Crippen LogP contribution in [-0.2, 0) is 20.2 Å². The van der Waals surface area contributed by atoms with Gasteiger partial charge < -0.3 is 11.5 Å². The number of nitrogens with two attached hydrogens (primary N) is 2. The van der Waals surface area contributed by atoms with Crippen molar-refractivity contribution in [1.82, 2.24) is 0 Å². The van der Waals surface area contributed by atoms with Crippen molar-refractivity contribution in [2.24, 2.45) is 20.5 Å². The van der Waals surface area contributed by atoms with Crippen LogP contribution in [-0.4, -0.2) is 25.9 Å². The molecule has 0 fully saturated rings. The summed E-state index contributed by atoms with van der Waals surface area (Å²) in [5.74, 6) is 0. The fourth-order valence-corrected chi connectivity index (χ4v) is 4.15. The Kier molecular flexibility index (Phi) is 6.79. The fourth-order valence-electron chi connectivity index (χ4n) is 2.80. The van der Waals surface area contributed by atoms with Crippen LogP contribution in [0.3, 0.4) is 0 Å². The molecule has 6 N–H and O–H groups in total. The van der Waals surface area contributed by atoms with Gasteiger partial charge in [0.2, 0.25) is 0 Å². The summed E-state index contributed by atoms with van der Waals surface area (Å²) in [5.41, 5.74) is 12.3. The summed E-state index contributed by atoms with van der Waals surface area (Å²) in [4.78, 5) is -1.27. The van der Waals surface area contributed by atoms with Crippen LogP contribution in [0.1, 0.15) is 11.1 Å². The van der Waals surface area contributed by atoms with E-state index in [0.29, 0.717) is 11.3 Å². The maximum Gasteiger partial charge on any atom is 0.296 e. The largest absolute Gasteiger partial charge is 0.396 e. The van der Waals surface area contributed by atoms with Crippen molar-refractivity contribution in [1.29, 1.82) is 0 Å². The maximum absolute atomic E-state index is 11.9. The Morgan fingerprint density at radius 1 is 0.647 bits per heavy atom. The maximum atomic E-state index is 11.9. The molecule has 0 aromatic heterocycles. The fraction of sp³-hybridized carbons (Fsp3) is 0.100. The zero-order valence-corrected chi connectivity index (χ0v) is 19.5. The van der Waals surface area contributed by atoms with E-state index >= 15 is 0 Å². The third kappa shape index (κ3) is 5.60. The highest BCUT2D eigenvalue weighted by molar-refractivity contribution is 7.86. The molecule has 3 rings (SSSR count). The lowest BCUT2D eigenvalue weighted by Gasteiger charge is -2.10. The molecular formula is C20H20N6O6S2. The Morgan fingerprint density at radius 3 is 1.79 bits per heavy atom. The summed E-state index contributed by atoms with van der Waals surface area (Å²) in [6.45, 7) is 3.49. The van der Waals surface area contributed by atoms with Gasteiger partial charge in [-0.3, -0.25) is 9.11 Å². The second-order valence-corrected chi connectivity index (χ2v) is 10.0. The van der Waals surface area contributed by atoms with Crippen molar-refractivity contribution in [2.45, 2.75) is 23.6 Å². The first-order valence-electron chi connectivity index (χ1n) is 9.45. The minimum atomic E-state index is -4.82. The molecule has 14 heteroatoms. The van der Waals surface area contributed by atoms with E-state index in [-0.39, 0.29) is 17.1 Å². The van der Waals surface area contributed by atoms with Crippen LogP contribution in [0.4, 0.5) is 34.1 Å². The van der Waals surface area contributed by atoms with Crippen molar-refractivity contribution in [3.8, 4) is 0 Å². The smallest absolute Gasteiger partial charge is 0.296 e. The summed E-state index contributed by atoms with van der Waals surface area (Å²) in [7, 11) is -9.47. The van der Waals surface area contributed by atoms with Crippen LogP contribution in [0.15, 0.2) is 78.8 Å². The summed E-state index contributed by atoms with van der Waals surface area (Å²) in [6.07, 6.45) is 0. The van der Waals surface area contributed by atoms with Gasteiger partial charge in [-0.25, -0.2) is 0 Å². The Bertz CT molecular complexity index is 1530. The first-order valence-corrected chi connectivity index (χ1v) is 12.3. The quantitative estimate of drug-likeness (QED) is 0.207. The standard InChI is InChI=1S/C20H20N6O6S2/c1-11-3-6-13(7-4-11)23-25-15-10-17(34(30,31)32)19(22)20(18(15)21)26-24-14-8-5-12(2)9-16(14)33(27,28)29/h3-10H,21-22H2,1-2H3,(H,27,28,29)(H,30,31,32). The van der Waals surface area contributed by atoms with Crippen molar-refractivity contribution >= 4 is 54.4 Å². The Labute approximate surface area is 195 Å². The zero-order valence-electron chi connectivity index (χ0n) is 17.9. The van der Waals surface area contributed by atoms with Gasteiger partial charge in [0.25, 0.3) is 20.2 Å². The van der Waals surface area contributed by atoms with Gasteiger partial charge in [0.15, 0.2) is 0 Å². The van der Waals surface area contributed by atoms with Crippen LogP contribution in [0.2, 0.25) is 0 Å². The Morgan fingerprint density at radius 2 is 1.21 bits per heavy atom.